The van der Waals surface area contributed by atoms with Crippen molar-refractivity contribution in [3.63, 3.8) is 0 Å². The Hall–Kier alpha value is -0.710. The Morgan fingerprint density at radius 1 is 1.32 bits per heavy atom. The second kappa shape index (κ2) is 8.46. The number of aliphatic hydroxyl groups is 1. The maximum absolute atomic E-state index is 9.85. The van der Waals surface area contributed by atoms with Crippen molar-refractivity contribution in [1.29, 1.82) is 0 Å². The van der Waals surface area contributed by atoms with E-state index in [1.165, 1.54) is 5.56 Å². The third-order valence-corrected chi connectivity index (χ3v) is 3.95. The summed E-state index contributed by atoms with van der Waals surface area (Å²) in [5, 5.41) is 13.7. The van der Waals surface area contributed by atoms with Crippen molar-refractivity contribution in [2.24, 2.45) is 0 Å². The van der Waals surface area contributed by atoms with Crippen LogP contribution < -0.4 is 10.1 Å². The first-order valence-corrected chi connectivity index (χ1v) is 7.93. The van der Waals surface area contributed by atoms with Gasteiger partial charge in [-0.1, -0.05) is 24.6 Å². The molecular weight excluding hydrogens is 258 g/mol. The Kier molecular flexibility index (Phi) is 7.28. The molecule has 19 heavy (non-hydrogen) atoms. The van der Waals surface area contributed by atoms with Crippen LogP contribution in [0, 0.1) is 13.8 Å². The highest BCUT2D eigenvalue weighted by atomic mass is 32.2. The van der Waals surface area contributed by atoms with Crippen LogP contribution in [0.5, 0.6) is 5.75 Å². The molecule has 1 rings (SSSR count). The molecule has 2 atom stereocenters. The van der Waals surface area contributed by atoms with Crippen LogP contribution in [-0.4, -0.2) is 42.4 Å². The lowest BCUT2D eigenvalue weighted by molar-refractivity contribution is 0.106. The molecule has 108 valence electrons. The van der Waals surface area contributed by atoms with E-state index < -0.39 is 6.10 Å². The van der Waals surface area contributed by atoms with Gasteiger partial charge in [0.05, 0.1) is 0 Å². The fourth-order valence-electron chi connectivity index (χ4n) is 1.74. The minimum absolute atomic E-state index is 0.324. The van der Waals surface area contributed by atoms with Crippen LogP contribution in [0.2, 0.25) is 0 Å². The highest BCUT2D eigenvalue weighted by Crippen LogP contribution is 2.18. The molecule has 0 fully saturated rings. The van der Waals surface area contributed by atoms with Gasteiger partial charge in [-0.15, -0.1) is 0 Å². The summed E-state index contributed by atoms with van der Waals surface area (Å²) in [7, 11) is 0. The number of hydrogen-bond acceptors (Lipinski definition) is 4. The summed E-state index contributed by atoms with van der Waals surface area (Å²) in [6, 6.07) is 6.06. The number of thioether (sulfide) groups is 1. The Bertz CT molecular complexity index is 384. The second-order valence-corrected chi connectivity index (χ2v) is 6.21. The number of aliphatic hydroxyl groups excluding tert-OH is 1. The van der Waals surface area contributed by atoms with Gasteiger partial charge in [0.1, 0.15) is 18.5 Å². The van der Waals surface area contributed by atoms with E-state index in [1.54, 1.807) is 0 Å². The Labute approximate surface area is 120 Å². The molecule has 2 N–H and O–H groups in total. The van der Waals surface area contributed by atoms with Gasteiger partial charge in [0, 0.05) is 18.3 Å². The van der Waals surface area contributed by atoms with Crippen molar-refractivity contribution in [3.05, 3.63) is 29.3 Å². The maximum atomic E-state index is 9.85. The summed E-state index contributed by atoms with van der Waals surface area (Å²) in [6.07, 6.45) is 1.61. The number of ether oxygens (including phenoxy) is 1. The number of aryl methyl sites for hydroxylation is 2. The van der Waals surface area contributed by atoms with E-state index in [0.717, 1.165) is 17.9 Å². The van der Waals surface area contributed by atoms with Crippen molar-refractivity contribution in [2.45, 2.75) is 32.1 Å². The van der Waals surface area contributed by atoms with Gasteiger partial charge in [0.25, 0.3) is 0 Å². The lowest BCUT2D eigenvalue weighted by Gasteiger charge is -2.16. The van der Waals surface area contributed by atoms with E-state index in [1.807, 2.05) is 30.8 Å². The van der Waals surface area contributed by atoms with E-state index in [-0.39, 0.29) is 0 Å². The van der Waals surface area contributed by atoms with Crippen molar-refractivity contribution in [1.82, 2.24) is 5.32 Å². The molecule has 1 aromatic rings. The number of rotatable bonds is 8. The lowest BCUT2D eigenvalue weighted by Crippen LogP contribution is -2.34. The van der Waals surface area contributed by atoms with E-state index in [0.29, 0.717) is 18.4 Å². The first kappa shape index (κ1) is 16.3. The normalized spacial score (nSPS) is 14.2. The van der Waals surface area contributed by atoms with Crippen LogP contribution in [0.15, 0.2) is 18.2 Å². The van der Waals surface area contributed by atoms with Gasteiger partial charge in [-0.05, 0) is 31.7 Å². The van der Waals surface area contributed by atoms with Crippen LogP contribution in [0.3, 0.4) is 0 Å². The van der Waals surface area contributed by atoms with Crippen LogP contribution in [0.4, 0.5) is 0 Å². The largest absolute Gasteiger partial charge is 0.491 e. The highest BCUT2D eigenvalue weighted by molar-refractivity contribution is 7.99. The SMILES string of the molecule is CSC(C)CNCC(O)COc1ccc(C)cc1C. The summed E-state index contributed by atoms with van der Waals surface area (Å²) < 4.78 is 5.64. The predicted molar refractivity (Wildman–Crippen MR) is 83.3 cm³/mol. The quantitative estimate of drug-likeness (QED) is 0.768. The molecule has 3 nitrogen and oxygen atoms in total. The third-order valence-electron chi connectivity index (χ3n) is 2.98. The molecule has 0 aromatic heterocycles. The maximum Gasteiger partial charge on any atom is 0.122 e. The molecule has 0 aliphatic rings. The first-order valence-electron chi connectivity index (χ1n) is 6.64. The summed E-state index contributed by atoms with van der Waals surface area (Å²) >= 11 is 1.81. The zero-order valence-electron chi connectivity index (χ0n) is 12.3. The molecule has 0 amide bonds. The molecule has 0 aliphatic heterocycles. The number of nitrogens with one attached hydrogen (secondary N) is 1. The van der Waals surface area contributed by atoms with Gasteiger partial charge in [-0.2, -0.15) is 11.8 Å². The monoisotopic (exact) mass is 283 g/mol. The standard InChI is InChI=1S/C15H25NO2S/c1-11-5-6-15(12(2)7-11)18-10-14(17)9-16-8-13(3)19-4/h5-7,13-14,16-17H,8-10H2,1-4H3. The molecular formula is C15H25NO2S. The Morgan fingerprint density at radius 2 is 2.05 bits per heavy atom. The fourth-order valence-corrected chi connectivity index (χ4v) is 2.03. The van der Waals surface area contributed by atoms with Gasteiger partial charge in [0.2, 0.25) is 0 Å². The van der Waals surface area contributed by atoms with Crippen LogP contribution in [0.1, 0.15) is 18.1 Å². The number of benzene rings is 1. The Balaban J connectivity index is 2.28. The smallest absolute Gasteiger partial charge is 0.122 e. The molecule has 0 aliphatic carbocycles. The molecule has 1 aromatic carbocycles. The highest BCUT2D eigenvalue weighted by Gasteiger charge is 2.07. The summed E-state index contributed by atoms with van der Waals surface area (Å²) in [5.74, 6) is 0.849. The molecule has 0 bridgehead atoms. The van der Waals surface area contributed by atoms with Crippen molar-refractivity contribution < 1.29 is 9.84 Å². The minimum Gasteiger partial charge on any atom is -0.491 e. The van der Waals surface area contributed by atoms with Crippen molar-refractivity contribution >= 4 is 11.8 Å². The minimum atomic E-state index is -0.477. The van der Waals surface area contributed by atoms with E-state index >= 15 is 0 Å². The van der Waals surface area contributed by atoms with Gasteiger partial charge >= 0.3 is 0 Å². The van der Waals surface area contributed by atoms with Crippen LogP contribution in [-0.2, 0) is 0 Å². The lowest BCUT2D eigenvalue weighted by atomic mass is 10.1. The molecule has 0 radical (unpaired) electrons. The molecule has 0 heterocycles. The van der Waals surface area contributed by atoms with E-state index in [9.17, 15) is 5.11 Å². The van der Waals surface area contributed by atoms with Gasteiger partial charge < -0.3 is 15.2 Å². The van der Waals surface area contributed by atoms with Gasteiger partial charge in [-0.3, -0.25) is 0 Å². The molecule has 0 saturated heterocycles. The van der Waals surface area contributed by atoms with Crippen LogP contribution in [0.25, 0.3) is 0 Å². The van der Waals surface area contributed by atoms with Crippen molar-refractivity contribution in [2.75, 3.05) is 26.0 Å². The first-order chi connectivity index (χ1) is 9.02. The zero-order chi connectivity index (χ0) is 14.3. The molecule has 2 unspecified atom stereocenters. The molecule has 4 heteroatoms. The van der Waals surface area contributed by atoms with Crippen molar-refractivity contribution in [3.8, 4) is 5.75 Å². The Morgan fingerprint density at radius 3 is 2.68 bits per heavy atom. The second-order valence-electron chi connectivity index (χ2n) is 4.94. The van der Waals surface area contributed by atoms with E-state index in [2.05, 4.69) is 31.5 Å². The average Bonchev–Trinajstić information content (AvgIpc) is 2.37. The predicted octanol–water partition coefficient (Wildman–Crippen LogP) is 2.38. The summed E-state index contributed by atoms with van der Waals surface area (Å²) in [5.41, 5.74) is 2.33. The number of hydrogen-bond donors (Lipinski definition) is 2. The topological polar surface area (TPSA) is 41.5 Å². The summed E-state index contributed by atoms with van der Waals surface area (Å²) in [4.78, 5) is 0. The summed E-state index contributed by atoms with van der Waals surface area (Å²) in [6.45, 7) is 8.04. The molecule has 0 spiro atoms. The zero-order valence-corrected chi connectivity index (χ0v) is 13.1. The third kappa shape index (κ3) is 6.32. The fraction of sp³-hybridized carbons (Fsp3) is 0.600. The van der Waals surface area contributed by atoms with Gasteiger partial charge in [0.15, 0.2) is 0 Å². The van der Waals surface area contributed by atoms with Crippen LogP contribution >= 0.6 is 11.8 Å². The van der Waals surface area contributed by atoms with E-state index in [4.69, 9.17) is 4.74 Å². The average molecular weight is 283 g/mol. The molecule has 0 saturated carbocycles. The van der Waals surface area contributed by atoms with Gasteiger partial charge in [-0.25, -0.2) is 0 Å².